The third kappa shape index (κ3) is 7.71. The van der Waals surface area contributed by atoms with Crippen molar-refractivity contribution >= 4 is 19.8 Å². The van der Waals surface area contributed by atoms with Crippen LogP contribution in [0.3, 0.4) is 0 Å². The van der Waals surface area contributed by atoms with E-state index in [9.17, 15) is 49.1 Å². The Kier molecular flexibility index (Phi) is 9.69. The molecule has 3 rings (SSSR count). The molecule has 2 saturated heterocycles. The van der Waals surface area contributed by atoms with Crippen LogP contribution in [0, 0.1) is 5.41 Å². The standard InChI is InChI=1S/C20H31N4O14P/c1-20(17(29)30,8-22-18(21)31)4-9-5-24(19(32)23-16(9)28)14-2-10(26)13(36-14)7-35-39(33,34)38-11-3-15(27)37-12(11)6-25/h5,10-15,25-27H,2-4,6-8H2,1H3,(H,29,30)(H,33,34)(H3,21,22,31)(H,23,28,32)/p-1/t10-,11+,12+,13+,14+,15+,20+/m0/s1. The maximum absolute atomic E-state index is 12.5. The van der Waals surface area contributed by atoms with Crippen LogP contribution in [0.5, 0.6) is 0 Å². The number of carboxylic acid groups (broad SMARTS) is 1. The van der Waals surface area contributed by atoms with Crippen molar-refractivity contribution in [2.45, 2.75) is 63.1 Å². The van der Waals surface area contributed by atoms with Gasteiger partial charge in [0.1, 0.15) is 18.4 Å². The highest BCUT2D eigenvalue weighted by Gasteiger charge is 2.40. The van der Waals surface area contributed by atoms with Gasteiger partial charge in [-0.2, -0.15) is 0 Å². The molecule has 0 aromatic carbocycles. The van der Waals surface area contributed by atoms with Crippen molar-refractivity contribution in [3.63, 3.8) is 0 Å². The monoisotopic (exact) mass is 581 g/mol. The van der Waals surface area contributed by atoms with Gasteiger partial charge in [0.2, 0.25) is 0 Å². The average molecular weight is 581 g/mol. The Balaban J connectivity index is 1.70. The highest BCUT2D eigenvalue weighted by Crippen LogP contribution is 2.44. The lowest BCUT2D eigenvalue weighted by Crippen LogP contribution is -2.45. The van der Waals surface area contributed by atoms with Crippen molar-refractivity contribution in [3.05, 3.63) is 32.6 Å². The van der Waals surface area contributed by atoms with Crippen molar-refractivity contribution in [1.29, 1.82) is 0 Å². The number of carbonyl (C=O) groups is 2. The molecule has 1 unspecified atom stereocenters. The number of nitrogens with one attached hydrogen (secondary N) is 2. The number of carbonyl (C=O) groups excluding carboxylic acids is 1. The highest BCUT2D eigenvalue weighted by molar-refractivity contribution is 7.45. The number of primary amides is 1. The van der Waals surface area contributed by atoms with Gasteiger partial charge >= 0.3 is 17.7 Å². The summed E-state index contributed by atoms with van der Waals surface area (Å²) in [7, 11) is -5.01. The lowest BCUT2D eigenvalue weighted by molar-refractivity contribution is -0.234. The average Bonchev–Trinajstić information content (AvgIpc) is 3.38. The molecule has 39 heavy (non-hydrogen) atoms. The molecule has 8 N–H and O–H groups in total. The van der Waals surface area contributed by atoms with Crippen molar-refractivity contribution in [2.75, 3.05) is 19.8 Å². The van der Waals surface area contributed by atoms with E-state index in [1.165, 1.54) is 6.92 Å². The maximum atomic E-state index is 12.5. The third-order valence-corrected chi connectivity index (χ3v) is 7.32. The summed E-state index contributed by atoms with van der Waals surface area (Å²) >= 11 is 0. The molecule has 3 heterocycles. The van der Waals surface area contributed by atoms with Crippen LogP contribution in [0.15, 0.2) is 15.8 Å². The summed E-state index contributed by atoms with van der Waals surface area (Å²) in [6, 6.07) is -0.974. The Morgan fingerprint density at radius 3 is 2.62 bits per heavy atom. The van der Waals surface area contributed by atoms with E-state index in [0.29, 0.717) is 0 Å². The number of H-pyrrole nitrogens is 1. The van der Waals surface area contributed by atoms with E-state index in [1.54, 1.807) is 0 Å². The van der Waals surface area contributed by atoms with Crippen molar-refractivity contribution in [1.82, 2.24) is 14.9 Å². The number of aliphatic hydroxyl groups is 3. The zero-order valence-electron chi connectivity index (χ0n) is 20.6. The molecule has 1 aromatic rings. The van der Waals surface area contributed by atoms with E-state index in [2.05, 4.69) is 5.32 Å². The van der Waals surface area contributed by atoms with Gasteiger partial charge in [-0.3, -0.25) is 23.7 Å². The third-order valence-electron chi connectivity index (χ3n) is 6.33. The molecule has 0 spiro atoms. The van der Waals surface area contributed by atoms with Gasteiger partial charge in [-0.1, -0.05) is 0 Å². The number of aromatic nitrogens is 2. The molecule has 2 amide bonds. The summed E-state index contributed by atoms with van der Waals surface area (Å²) in [6.45, 7) is -0.499. The van der Waals surface area contributed by atoms with E-state index in [-0.39, 0.29) is 18.4 Å². The van der Waals surface area contributed by atoms with E-state index in [1.807, 2.05) is 4.98 Å². The number of amides is 2. The predicted molar refractivity (Wildman–Crippen MR) is 124 cm³/mol. The number of ether oxygens (including phenoxy) is 2. The molecule has 19 heteroatoms. The van der Waals surface area contributed by atoms with Crippen molar-refractivity contribution in [2.24, 2.45) is 11.1 Å². The molecule has 2 aliphatic rings. The minimum atomic E-state index is -5.01. The van der Waals surface area contributed by atoms with Crippen LogP contribution in [0.2, 0.25) is 0 Å². The fourth-order valence-electron chi connectivity index (χ4n) is 4.15. The van der Waals surface area contributed by atoms with Crippen LogP contribution < -0.4 is 27.2 Å². The summed E-state index contributed by atoms with van der Waals surface area (Å²) in [5, 5.41) is 40.9. The first-order chi connectivity index (χ1) is 18.1. The summed E-state index contributed by atoms with van der Waals surface area (Å²) < 4.78 is 33.3. The molecular weight excluding hydrogens is 551 g/mol. The molecule has 0 bridgehead atoms. The van der Waals surface area contributed by atoms with Crippen LogP contribution in [0.1, 0.15) is 31.6 Å². The number of hydrogen-bond donors (Lipinski definition) is 7. The molecule has 0 radical (unpaired) electrons. The van der Waals surface area contributed by atoms with Crippen LogP contribution in [-0.4, -0.2) is 92.4 Å². The Morgan fingerprint density at radius 2 is 2.00 bits per heavy atom. The quantitative estimate of drug-likeness (QED) is 0.118. The second-order valence-electron chi connectivity index (χ2n) is 9.45. The van der Waals surface area contributed by atoms with E-state index in [0.717, 1.165) is 10.8 Å². The number of urea groups is 1. The number of aliphatic carboxylic acids is 1. The molecule has 0 aliphatic carbocycles. The van der Waals surface area contributed by atoms with E-state index < -0.39 is 99.6 Å². The maximum Gasteiger partial charge on any atom is 0.330 e. The van der Waals surface area contributed by atoms with Crippen molar-refractivity contribution in [3.8, 4) is 0 Å². The topological polar surface area (TPSA) is 285 Å². The second kappa shape index (κ2) is 12.2. The zero-order chi connectivity index (χ0) is 29.1. The predicted octanol–water partition coefficient (Wildman–Crippen LogP) is -3.54. The van der Waals surface area contributed by atoms with Crippen LogP contribution in [0.4, 0.5) is 4.79 Å². The number of phosphoric ester groups is 1. The SMILES string of the molecule is C[C@](CNC(N)=O)(Cc1cn([C@H]2C[C@H](O)[C@@H](COP(=O)([O-])O[C@@H]3C[C@H](O)O[C@@H]3CO)O2)c(=O)[nH]c1=O)C(=O)O. The first-order valence-electron chi connectivity index (χ1n) is 11.7. The number of hydrogen-bond acceptors (Lipinski definition) is 13. The highest BCUT2D eigenvalue weighted by atomic mass is 31.2. The van der Waals surface area contributed by atoms with E-state index in [4.69, 9.17) is 24.3 Å². The van der Waals surface area contributed by atoms with Gasteiger partial charge in [-0.05, 0) is 13.3 Å². The van der Waals surface area contributed by atoms with Gasteiger partial charge in [-0.15, -0.1) is 0 Å². The van der Waals surface area contributed by atoms with Gasteiger partial charge in [0.25, 0.3) is 13.4 Å². The fraction of sp³-hybridized carbons (Fsp3) is 0.700. The molecule has 2 aliphatic heterocycles. The summed E-state index contributed by atoms with van der Waals surface area (Å²) in [6.07, 6.45) is -7.24. The number of rotatable bonds is 12. The Bertz CT molecular complexity index is 1220. The van der Waals surface area contributed by atoms with Crippen LogP contribution >= 0.6 is 7.82 Å². The lowest BCUT2D eigenvalue weighted by atomic mass is 9.84. The minimum Gasteiger partial charge on any atom is -0.756 e. The molecule has 2 fully saturated rings. The first-order valence-corrected chi connectivity index (χ1v) is 13.1. The zero-order valence-corrected chi connectivity index (χ0v) is 21.5. The van der Waals surface area contributed by atoms with E-state index >= 15 is 0 Å². The fourth-order valence-corrected chi connectivity index (χ4v) is 5.09. The van der Waals surface area contributed by atoms with Gasteiger partial charge in [0, 0.05) is 31.1 Å². The number of aliphatic hydroxyl groups excluding tert-OH is 3. The largest absolute Gasteiger partial charge is 0.756 e. The molecule has 0 saturated carbocycles. The normalized spacial score (nSPS) is 30.0. The second-order valence-corrected chi connectivity index (χ2v) is 10.8. The number of nitrogens with two attached hydrogens (primary N) is 1. The van der Waals surface area contributed by atoms with Gasteiger partial charge in [0.05, 0.1) is 30.8 Å². The lowest BCUT2D eigenvalue weighted by Gasteiger charge is -2.29. The number of aromatic amines is 1. The molecule has 220 valence electrons. The molecule has 1 aromatic heterocycles. The Labute approximate surface area is 219 Å². The van der Waals surface area contributed by atoms with Gasteiger partial charge < -0.3 is 54.9 Å². The Morgan fingerprint density at radius 1 is 1.31 bits per heavy atom. The Hall–Kier alpha value is -2.67. The molecule has 18 nitrogen and oxygen atoms in total. The smallest absolute Gasteiger partial charge is 0.330 e. The van der Waals surface area contributed by atoms with Crippen LogP contribution in [0.25, 0.3) is 0 Å². The molecule has 8 atom stereocenters. The minimum absolute atomic E-state index is 0.152. The number of nitrogens with zero attached hydrogens (tertiary/aromatic N) is 1. The summed E-state index contributed by atoms with van der Waals surface area (Å²) in [5.41, 5.74) is 1.35. The summed E-state index contributed by atoms with van der Waals surface area (Å²) in [4.78, 5) is 62.0. The summed E-state index contributed by atoms with van der Waals surface area (Å²) in [5.74, 6) is -1.36. The first kappa shape index (κ1) is 30.9. The number of phosphoric acid groups is 1. The van der Waals surface area contributed by atoms with Crippen LogP contribution in [-0.2, 0) is 34.3 Å². The molecular formula is C20H30N4O14P-. The van der Waals surface area contributed by atoms with Crippen molar-refractivity contribution < 1.29 is 58.0 Å². The van der Waals surface area contributed by atoms with Gasteiger partial charge in [0.15, 0.2) is 6.29 Å². The number of carboxylic acids is 1. The van der Waals surface area contributed by atoms with Gasteiger partial charge in [-0.25, -0.2) is 9.59 Å².